The SMILES string of the molecule is CCCn1nc(-c2ccc(Cl)s2)cc1C(=O)NCCCOC. The van der Waals surface area contributed by atoms with Crippen molar-refractivity contribution in [2.75, 3.05) is 20.3 Å². The molecule has 0 aliphatic carbocycles. The highest BCUT2D eigenvalue weighted by atomic mass is 35.5. The normalized spacial score (nSPS) is 10.9. The van der Waals surface area contributed by atoms with Gasteiger partial charge in [0, 0.05) is 26.8 Å². The molecular formula is C15H20ClN3O2S. The van der Waals surface area contributed by atoms with Crippen LogP contribution in [0.2, 0.25) is 4.34 Å². The van der Waals surface area contributed by atoms with E-state index in [1.54, 1.807) is 11.8 Å². The molecule has 120 valence electrons. The third-order valence-corrected chi connectivity index (χ3v) is 4.34. The van der Waals surface area contributed by atoms with E-state index < -0.39 is 0 Å². The highest BCUT2D eigenvalue weighted by Gasteiger charge is 2.16. The molecule has 0 spiro atoms. The first-order valence-corrected chi connectivity index (χ1v) is 8.45. The molecule has 2 rings (SSSR count). The largest absolute Gasteiger partial charge is 0.385 e. The minimum absolute atomic E-state index is 0.106. The topological polar surface area (TPSA) is 56.2 Å². The summed E-state index contributed by atoms with van der Waals surface area (Å²) in [6, 6.07) is 5.58. The fourth-order valence-electron chi connectivity index (χ4n) is 2.06. The van der Waals surface area contributed by atoms with Crippen molar-refractivity contribution < 1.29 is 9.53 Å². The number of hydrogen-bond donors (Lipinski definition) is 1. The van der Waals surface area contributed by atoms with Crippen molar-refractivity contribution in [2.24, 2.45) is 0 Å². The average molecular weight is 342 g/mol. The molecule has 2 heterocycles. The molecule has 0 radical (unpaired) electrons. The van der Waals surface area contributed by atoms with Crippen molar-refractivity contribution in [3.8, 4) is 10.6 Å². The predicted octanol–water partition coefficient (Wildman–Crippen LogP) is 3.44. The third-order valence-electron chi connectivity index (χ3n) is 3.08. The first kappa shape index (κ1) is 17.0. The summed E-state index contributed by atoms with van der Waals surface area (Å²) < 4.78 is 7.45. The summed E-state index contributed by atoms with van der Waals surface area (Å²) in [5.41, 5.74) is 1.37. The number of aryl methyl sites for hydroxylation is 1. The van der Waals surface area contributed by atoms with E-state index in [0.717, 1.165) is 23.4 Å². The molecule has 0 fully saturated rings. The third kappa shape index (κ3) is 4.32. The molecule has 0 atom stereocenters. The lowest BCUT2D eigenvalue weighted by Crippen LogP contribution is -2.27. The van der Waals surface area contributed by atoms with Gasteiger partial charge in [-0.25, -0.2) is 0 Å². The molecule has 0 aliphatic rings. The Labute approximate surface area is 139 Å². The Bertz CT molecular complexity index is 624. The highest BCUT2D eigenvalue weighted by Crippen LogP contribution is 2.30. The molecule has 2 aromatic heterocycles. The zero-order valence-electron chi connectivity index (χ0n) is 12.8. The van der Waals surface area contributed by atoms with Crippen LogP contribution >= 0.6 is 22.9 Å². The van der Waals surface area contributed by atoms with Gasteiger partial charge in [0.15, 0.2) is 0 Å². The minimum Gasteiger partial charge on any atom is -0.385 e. The second-order valence-corrected chi connectivity index (χ2v) is 6.56. The highest BCUT2D eigenvalue weighted by molar-refractivity contribution is 7.19. The van der Waals surface area contributed by atoms with E-state index in [0.29, 0.717) is 29.7 Å². The van der Waals surface area contributed by atoms with Gasteiger partial charge in [-0.1, -0.05) is 18.5 Å². The Morgan fingerprint density at radius 3 is 2.95 bits per heavy atom. The van der Waals surface area contributed by atoms with Crippen LogP contribution < -0.4 is 5.32 Å². The Morgan fingerprint density at radius 2 is 2.32 bits per heavy atom. The maximum Gasteiger partial charge on any atom is 0.269 e. The number of halogens is 1. The summed E-state index contributed by atoms with van der Waals surface area (Å²) in [6.07, 6.45) is 1.70. The lowest BCUT2D eigenvalue weighted by atomic mass is 10.3. The van der Waals surface area contributed by atoms with Gasteiger partial charge in [-0.15, -0.1) is 11.3 Å². The summed E-state index contributed by atoms with van der Waals surface area (Å²) in [4.78, 5) is 13.3. The number of nitrogens with zero attached hydrogens (tertiary/aromatic N) is 2. The van der Waals surface area contributed by atoms with Crippen LogP contribution in [0.4, 0.5) is 0 Å². The summed E-state index contributed by atoms with van der Waals surface area (Å²) in [5.74, 6) is -0.106. The maximum absolute atomic E-state index is 12.3. The number of carbonyl (C=O) groups is 1. The van der Waals surface area contributed by atoms with Crippen molar-refractivity contribution >= 4 is 28.8 Å². The monoisotopic (exact) mass is 341 g/mol. The summed E-state index contributed by atoms with van der Waals surface area (Å²) in [5, 5.41) is 7.43. The van der Waals surface area contributed by atoms with Crippen molar-refractivity contribution in [2.45, 2.75) is 26.3 Å². The average Bonchev–Trinajstić information content (AvgIpc) is 3.10. The number of carbonyl (C=O) groups excluding carboxylic acids is 1. The zero-order chi connectivity index (χ0) is 15.9. The minimum atomic E-state index is -0.106. The Morgan fingerprint density at radius 1 is 1.50 bits per heavy atom. The molecular weight excluding hydrogens is 322 g/mol. The molecule has 1 amide bonds. The van der Waals surface area contributed by atoms with Crippen LogP contribution in [-0.4, -0.2) is 35.9 Å². The standard InChI is InChI=1S/C15H20ClN3O2S/c1-3-8-19-12(15(20)17-7-4-9-21-2)10-11(18-19)13-5-6-14(16)22-13/h5-6,10H,3-4,7-9H2,1-2H3,(H,17,20). The van der Waals surface area contributed by atoms with Crippen LogP contribution in [0.15, 0.2) is 18.2 Å². The van der Waals surface area contributed by atoms with E-state index in [-0.39, 0.29) is 5.91 Å². The van der Waals surface area contributed by atoms with E-state index in [1.807, 2.05) is 18.2 Å². The Balaban J connectivity index is 2.14. The molecule has 2 aromatic rings. The van der Waals surface area contributed by atoms with Crippen LogP contribution in [-0.2, 0) is 11.3 Å². The van der Waals surface area contributed by atoms with Crippen LogP contribution in [0, 0.1) is 0 Å². The fourth-order valence-corrected chi connectivity index (χ4v) is 3.06. The number of rotatable bonds is 8. The number of ether oxygens (including phenoxy) is 1. The summed E-state index contributed by atoms with van der Waals surface area (Å²) in [7, 11) is 1.65. The van der Waals surface area contributed by atoms with Crippen molar-refractivity contribution in [3.05, 3.63) is 28.2 Å². The summed E-state index contributed by atoms with van der Waals surface area (Å²) >= 11 is 7.43. The van der Waals surface area contributed by atoms with Gasteiger partial charge >= 0.3 is 0 Å². The number of methoxy groups -OCH3 is 1. The van der Waals surface area contributed by atoms with Gasteiger partial charge in [0.25, 0.3) is 5.91 Å². The van der Waals surface area contributed by atoms with E-state index >= 15 is 0 Å². The zero-order valence-corrected chi connectivity index (χ0v) is 14.3. The van der Waals surface area contributed by atoms with Gasteiger partial charge in [-0.2, -0.15) is 5.10 Å². The van der Waals surface area contributed by atoms with Crippen LogP contribution in [0.5, 0.6) is 0 Å². The lowest BCUT2D eigenvalue weighted by molar-refractivity contribution is 0.0937. The first-order chi connectivity index (χ1) is 10.7. The van der Waals surface area contributed by atoms with Gasteiger partial charge < -0.3 is 10.1 Å². The number of aromatic nitrogens is 2. The number of nitrogens with one attached hydrogen (secondary N) is 1. The van der Waals surface area contributed by atoms with Gasteiger partial charge in [0.2, 0.25) is 0 Å². The van der Waals surface area contributed by atoms with Crippen molar-refractivity contribution in [1.82, 2.24) is 15.1 Å². The van der Waals surface area contributed by atoms with Crippen LogP contribution in [0.3, 0.4) is 0 Å². The molecule has 1 N–H and O–H groups in total. The Kier molecular flexibility index (Phi) is 6.42. The van der Waals surface area contributed by atoms with Crippen molar-refractivity contribution in [3.63, 3.8) is 0 Å². The Hall–Kier alpha value is -1.37. The molecule has 0 aromatic carbocycles. The number of hydrogen-bond acceptors (Lipinski definition) is 4. The predicted molar refractivity (Wildman–Crippen MR) is 89.7 cm³/mol. The molecule has 0 saturated carbocycles. The van der Waals surface area contributed by atoms with Gasteiger partial charge in [-0.05, 0) is 31.0 Å². The quantitative estimate of drug-likeness (QED) is 0.748. The molecule has 0 unspecified atom stereocenters. The number of thiophene rings is 1. The molecule has 0 aliphatic heterocycles. The molecule has 5 nitrogen and oxygen atoms in total. The smallest absolute Gasteiger partial charge is 0.269 e. The second kappa shape index (κ2) is 8.31. The molecule has 7 heteroatoms. The van der Waals surface area contributed by atoms with Crippen LogP contribution in [0.25, 0.3) is 10.6 Å². The van der Waals surface area contributed by atoms with Gasteiger partial charge in [0.1, 0.15) is 11.4 Å². The molecule has 0 bridgehead atoms. The van der Waals surface area contributed by atoms with E-state index in [2.05, 4.69) is 17.3 Å². The summed E-state index contributed by atoms with van der Waals surface area (Å²) in [6.45, 7) is 3.99. The van der Waals surface area contributed by atoms with Gasteiger partial charge in [-0.3, -0.25) is 9.48 Å². The van der Waals surface area contributed by atoms with Crippen LogP contribution in [0.1, 0.15) is 30.3 Å². The maximum atomic E-state index is 12.3. The fraction of sp³-hybridized carbons (Fsp3) is 0.467. The van der Waals surface area contributed by atoms with Gasteiger partial charge in [0.05, 0.1) is 9.21 Å². The lowest BCUT2D eigenvalue weighted by Gasteiger charge is -2.07. The molecule has 22 heavy (non-hydrogen) atoms. The first-order valence-electron chi connectivity index (χ1n) is 7.26. The molecule has 0 saturated heterocycles. The second-order valence-electron chi connectivity index (χ2n) is 4.84. The van der Waals surface area contributed by atoms with E-state index in [9.17, 15) is 4.79 Å². The van der Waals surface area contributed by atoms with E-state index in [1.165, 1.54) is 11.3 Å². The number of amides is 1. The van der Waals surface area contributed by atoms with E-state index in [4.69, 9.17) is 16.3 Å². The van der Waals surface area contributed by atoms with Crippen molar-refractivity contribution in [1.29, 1.82) is 0 Å².